The molecule has 0 aliphatic heterocycles. The lowest BCUT2D eigenvalue weighted by molar-refractivity contribution is 0.0937. The van der Waals surface area contributed by atoms with Gasteiger partial charge in [-0.2, -0.15) is 0 Å². The first-order chi connectivity index (χ1) is 8.43. The van der Waals surface area contributed by atoms with Crippen LogP contribution in [0.3, 0.4) is 0 Å². The maximum absolute atomic E-state index is 12.9. The van der Waals surface area contributed by atoms with Gasteiger partial charge in [-0.1, -0.05) is 30.7 Å². The van der Waals surface area contributed by atoms with Crippen molar-refractivity contribution < 1.29 is 9.18 Å². The number of carbonyl (C=O) groups excluding carboxylic acids is 1. The molecule has 3 nitrogen and oxygen atoms in total. The highest BCUT2D eigenvalue weighted by Gasteiger charge is 2.15. The zero-order valence-corrected chi connectivity index (χ0v) is 11.4. The number of amides is 1. The molecule has 3 N–H and O–H groups in total. The second kappa shape index (κ2) is 6.66. The van der Waals surface area contributed by atoms with Crippen LogP contribution in [0.2, 0.25) is 5.02 Å². The fraction of sp³-hybridized carbons (Fsp3) is 0.333. The number of carbonyl (C=O) groups is 1. The molecule has 1 unspecified atom stereocenters. The molecule has 0 aliphatic carbocycles. The Morgan fingerprint density at radius 2 is 2.28 bits per heavy atom. The average Bonchev–Trinajstić information content (AvgIpc) is 2.27. The first-order valence-electron chi connectivity index (χ1n) is 5.48. The molecule has 0 saturated heterocycles. The molecule has 0 saturated carbocycles. The topological polar surface area (TPSA) is 55.1 Å². The molecular weight excluding hydrogens is 275 g/mol. The van der Waals surface area contributed by atoms with E-state index in [1.165, 1.54) is 12.1 Å². The quantitative estimate of drug-likeness (QED) is 0.819. The Morgan fingerprint density at radius 1 is 1.61 bits per heavy atom. The zero-order valence-electron chi connectivity index (χ0n) is 9.87. The molecule has 6 heteroatoms. The minimum absolute atomic E-state index is 0.0812. The van der Waals surface area contributed by atoms with Crippen molar-refractivity contribution in [3.8, 4) is 0 Å². The van der Waals surface area contributed by atoms with Crippen LogP contribution in [0.4, 0.5) is 4.39 Å². The van der Waals surface area contributed by atoms with Crippen molar-refractivity contribution in [3.63, 3.8) is 0 Å². The van der Waals surface area contributed by atoms with E-state index in [2.05, 4.69) is 5.32 Å². The maximum Gasteiger partial charge on any atom is 0.253 e. The fourth-order valence-corrected chi connectivity index (χ4v) is 1.93. The van der Waals surface area contributed by atoms with Crippen molar-refractivity contribution >= 4 is 34.7 Å². The Hall–Kier alpha value is -1.20. The van der Waals surface area contributed by atoms with Gasteiger partial charge < -0.3 is 11.1 Å². The van der Waals surface area contributed by atoms with Gasteiger partial charge in [0.05, 0.1) is 15.6 Å². The second-order valence-corrected chi connectivity index (χ2v) is 4.80. The normalized spacial score (nSPS) is 11.9. The second-order valence-electron chi connectivity index (χ2n) is 3.87. The minimum Gasteiger partial charge on any atom is -0.393 e. The summed E-state index contributed by atoms with van der Waals surface area (Å²) >= 11 is 10.6. The van der Waals surface area contributed by atoms with Gasteiger partial charge in [-0.3, -0.25) is 4.79 Å². The Morgan fingerprint density at radius 3 is 2.78 bits per heavy atom. The molecule has 0 spiro atoms. The first kappa shape index (κ1) is 14.9. The average molecular weight is 289 g/mol. The van der Waals surface area contributed by atoms with Crippen molar-refractivity contribution in [2.45, 2.75) is 25.8 Å². The molecule has 0 radical (unpaired) electrons. The number of nitrogens with two attached hydrogens (primary N) is 1. The Labute approximate surface area is 115 Å². The summed E-state index contributed by atoms with van der Waals surface area (Å²) in [6.45, 7) is 1.91. The number of hydrogen-bond donors (Lipinski definition) is 2. The highest BCUT2D eigenvalue weighted by Crippen LogP contribution is 2.17. The van der Waals surface area contributed by atoms with Crippen LogP contribution in [0.1, 0.15) is 30.1 Å². The minimum atomic E-state index is -0.480. The summed E-state index contributed by atoms with van der Waals surface area (Å²) in [4.78, 5) is 12.3. The molecule has 1 atom stereocenters. The van der Waals surface area contributed by atoms with E-state index in [0.29, 0.717) is 17.8 Å². The molecule has 1 aromatic rings. The molecule has 0 bridgehead atoms. The Kier molecular flexibility index (Phi) is 5.50. The largest absolute Gasteiger partial charge is 0.393 e. The van der Waals surface area contributed by atoms with E-state index in [0.717, 1.165) is 6.07 Å². The molecule has 0 heterocycles. The van der Waals surface area contributed by atoms with Gasteiger partial charge in [0.25, 0.3) is 5.91 Å². The van der Waals surface area contributed by atoms with Gasteiger partial charge in [-0.05, 0) is 24.6 Å². The van der Waals surface area contributed by atoms with Crippen LogP contribution in [0.15, 0.2) is 18.2 Å². The predicted molar refractivity (Wildman–Crippen MR) is 74.4 cm³/mol. The molecule has 0 aromatic heterocycles. The number of rotatable bonds is 5. The molecule has 1 rings (SSSR count). The summed E-state index contributed by atoms with van der Waals surface area (Å²) in [5.41, 5.74) is 5.67. The third-order valence-electron chi connectivity index (χ3n) is 2.45. The summed E-state index contributed by atoms with van der Waals surface area (Å²) in [7, 11) is 0. The molecule has 0 fully saturated rings. The van der Waals surface area contributed by atoms with Gasteiger partial charge in [0, 0.05) is 12.5 Å². The van der Waals surface area contributed by atoms with Gasteiger partial charge in [-0.15, -0.1) is 0 Å². The number of benzene rings is 1. The highest BCUT2D eigenvalue weighted by atomic mass is 35.5. The maximum atomic E-state index is 12.9. The standard InChI is InChI=1S/C12H14ClFN2OS/c1-2-8(6-11(15)18)16-12(17)9-4-3-7(14)5-10(9)13/h3-5,8H,2,6H2,1H3,(H2,15,18)(H,16,17). The van der Waals surface area contributed by atoms with E-state index < -0.39 is 5.82 Å². The third kappa shape index (κ3) is 4.23. The van der Waals surface area contributed by atoms with Crippen molar-refractivity contribution in [1.82, 2.24) is 5.32 Å². The lowest BCUT2D eigenvalue weighted by Crippen LogP contribution is -2.37. The Balaban J connectivity index is 2.77. The summed E-state index contributed by atoms with van der Waals surface area (Å²) < 4.78 is 12.9. The van der Waals surface area contributed by atoms with Crippen LogP contribution in [0.5, 0.6) is 0 Å². The molecular formula is C12H14ClFN2OS. The molecule has 18 heavy (non-hydrogen) atoms. The predicted octanol–water partition coefficient (Wildman–Crippen LogP) is 2.66. The van der Waals surface area contributed by atoms with Gasteiger partial charge in [0.1, 0.15) is 5.82 Å². The van der Waals surface area contributed by atoms with E-state index in [1.807, 2.05) is 6.92 Å². The van der Waals surface area contributed by atoms with Gasteiger partial charge in [0.15, 0.2) is 0 Å². The molecule has 0 aliphatic rings. The number of nitrogens with one attached hydrogen (secondary N) is 1. The lowest BCUT2D eigenvalue weighted by Gasteiger charge is -2.16. The SMILES string of the molecule is CCC(CC(N)=S)NC(=O)c1ccc(F)cc1Cl. The fourth-order valence-electron chi connectivity index (χ4n) is 1.48. The van der Waals surface area contributed by atoms with Crippen LogP contribution in [0, 0.1) is 5.82 Å². The van der Waals surface area contributed by atoms with Crippen LogP contribution >= 0.6 is 23.8 Å². The highest BCUT2D eigenvalue weighted by molar-refractivity contribution is 7.80. The molecule has 1 aromatic carbocycles. The van der Waals surface area contributed by atoms with E-state index in [-0.39, 0.29) is 22.5 Å². The monoisotopic (exact) mass is 288 g/mol. The van der Waals surface area contributed by atoms with Gasteiger partial charge >= 0.3 is 0 Å². The van der Waals surface area contributed by atoms with Crippen LogP contribution in [0.25, 0.3) is 0 Å². The number of thiocarbonyl (C=S) groups is 1. The summed E-state index contributed by atoms with van der Waals surface area (Å²) in [5, 5.41) is 2.84. The lowest BCUT2D eigenvalue weighted by atomic mass is 10.1. The van der Waals surface area contributed by atoms with Crippen molar-refractivity contribution in [2.75, 3.05) is 0 Å². The van der Waals surface area contributed by atoms with Crippen LogP contribution in [-0.4, -0.2) is 16.9 Å². The number of hydrogen-bond acceptors (Lipinski definition) is 2. The van der Waals surface area contributed by atoms with Gasteiger partial charge in [0.2, 0.25) is 0 Å². The first-order valence-corrected chi connectivity index (χ1v) is 6.26. The van der Waals surface area contributed by atoms with E-state index >= 15 is 0 Å². The van der Waals surface area contributed by atoms with Crippen molar-refractivity contribution in [1.29, 1.82) is 0 Å². The molecule has 1 amide bonds. The third-order valence-corrected chi connectivity index (χ3v) is 2.93. The summed E-state index contributed by atoms with van der Waals surface area (Å²) in [6, 6.07) is 3.50. The summed E-state index contributed by atoms with van der Waals surface area (Å²) in [6.07, 6.45) is 1.12. The van der Waals surface area contributed by atoms with Crippen molar-refractivity contribution in [3.05, 3.63) is 34.6 Å². The van der Waals surface area contributed by atoms with E-state index in [4.69, 9.17) is 29.6 Å². The smallest absolute Gasteiger partial charge is 0.253 e. The molecule has 98 valence electrons. The zero-order chi connectivity index (χ0) is 13.7. The number of halogens is 2. The van der Waals surface area contributed by atoms with Crippen LogP contribution < -0.4 is 11.1 Å². The Bertz CT molecular complexity index is 467. The van der Waals surface area contributed by atoms with E-state index in [9.17, 15) is 9.18 Å². The summed E-state index contributed by atoms with van der Waals surface area (Å²) in [5.74, 6) is -0.838. The van der Waals surface area contributed by atoms with Gasteiger partial charge in [-0.25, -0.2) is 4.39 Å². The van der Waals surface area contributed by atoms with E-state index in [1.54, 1.807) is 0 Å². The van der Waals surface area contributed by atoms with Crippen molar-refractivity contribution in [2.24, 2.45) is 5.73 Å². The van der Waals surface area contributed by atoms with Crippen LogP contribution in [-0.2, 0) is 0 Å².